The van der Waals surface area contributed by atoms with E-state index < -0.39 is 5.97 Å². The van der Waals surface area contributed by atoms with E-state index in [1.165, 1.54) is 11.8 Å². The maximum atomic E-state index is 12.6. The van der Waals surface area contributed by atoms with Gasteiger partial charge in [0.25, 0.3) is 5.91 Å². The second-order valence-electron chi connectivity index (χ2n) is 6.88. The molecule has 0 radical (unpaired) electrons. The highest BCUT2D eigenvalue weighted by molar-refractivity contribution is 6.05. The van der Waals surface area contributed by atoms with Crippen LogP contribution in [0.1, 0.15) is 33.2 Å². The van der Waals surface area contributed by atoms with Crippen molar-refractivity contribution in [1.82, 2.24) is 0 Å². The molecule has 3 rings (SSSR count). The van der Waals surface area contributed by atoms with Crippen molar-refractivity contribution < 1.29 is 19.1 Å². The lowest BCUT2D eigenvalue weighted by molar-refractivity contribution is -0.114. The zero-order valence-electron chi connectivity index (χ0n) is 17.0. The minimum absolute atomic E-state index is 0.130. The van der Waals surface area contributed by atoms with Gasteiger partial charge in [0.15, 0.2) is 0 Å². The number of hydrogen-bond donors (Lipinski definition) is 1. The number of amides is 2. The molecule has 0 aliphatic heterocycles. The summed E-state index contributed by atoms with van der Waals surface area (Å²) < 4.78 is 5.40. The fourth-order valence-electron chi connectivity index (χ4n) is 2.84. The number of carbonyl (C=O) groups excluding carboxylic acids is 3. The number of nitrogens with one attached hydrogen (secondary N) is 1. The van der Waals surface area contributed by atoms with E-state index >= 15 is 0 Å². The summed E-state index contributed by atoms with van der Waals surface area (Å²) >= 11 is 0. The van der Waals surface area contributed by atoms with Gasteiger partial charge in [0.1, 0.15) is 5.75 Å². The fourth-order valence-corrected chi connectivity index (χ4v) is 2.84. The Morgan fingerprint density at radius 3 is 2.17 bits per heavy atom. The van der Waals surface area contributed by atoms with E-state index in [1.54, 1.807) is 67.7 Å². The molecular weight excluding hydrogens is 380 g/mol. The van der Waals surface area contributed by atoms with Gasteiger partial charge in [-0.1, -0.05) is 23.8 Å². The van der Waals surface area contributed by atoms with Crippen molar-refractivity contribution in [2.75, 3.05) is 17.3 Å². The van der Waals surface area contributed by atoms with Crippen LogP contribution < -0.4 is 15.0 Å². The van der Waals surface area contributed by atoms with E-state index in [1.807, 2.05) is 19.1 Å². The lowest BCUT2D eigenvalue weighted by Crippen LogP contribution is -2.26. The van der Waals surface area contributed by atoms with Crippen molar-refractivity contribution in [2.45, 2.75) is 13.8 Å². The van der Waals surface area contributed by atoms with Crippen molar-refractivity contribution in [3.63, 3.8) is 0 Å². The minimum atomic E-state index is -0.543. The molecule has 3 aromatic carbocycles. The first-order valence-electron chi connectivity index (χ1n) is 9.38. The van der Waals surface area contributed by atoms with Crippen LogP contribution >= 0.6 is 0 Å². The summed E-state index contributed by atoms with van der Waals surface area (Å²) in [5, 5.41) is 2.63. The number of esters is 1. The molecule has 6 heteroatoms. The van der Waals surface area contributed by atoms with E-state index in [0.717, 1.165) is 5.56 Å². The van der Waals surface area contributed by atoms with E-state index in [4.69, 9.17) is 4.74 Å². The number of rotatable bonds is 5. The number of nitrogens with zero attached hydrogens (tertiary/aromatic N) is 1. The number of hydrogen-bond acceptors (Lipinski definition) is 4. The summed E-state index contributed by atoms with van der Waals surface area (Å²) in [5.41, 5.74) is 3.19. The molecule has 0 aliphatic rings. The standard InChI is InChI=1S/C24H22N2O4/c1-16-7-9-18(10-8-16)23(28)26(3)21-11-13-22(14-12-21)30-24(29)19-5-4-6-20(15-19)25-17(2)27/h4-15H,1-3H3,(H,25,27). The smallest absolute Gasteiger partial charge is 0.343 e. The fraction of sp³-hybridized carbons (Fsp3) is 0.125. The highest BCUT2D eigenvalue weighted by Gasteiger charge is 2.14. The number of benzene rings is 3. The SMILES string of the molecule is CC(=O)Nc1cccc(C(=O)Oc2ccc(N(C)C(=O)c3ccc(C)cc3)cc2)c1. The predicted molar refractivity (Wildman–Crippen MR) is 116 cm³/mol. The van der Waals surface area contributed by atoms with Crippen LogP contribution in [0.25, 0.3) is 0 Å². The molecule has 0 spiro atoms. The van der Waals surface area contributed by atoms with Crippen LogP contribution in [-0.2, 0) is 4.79 Å². The zero-order chi connectivity index (χ0) is 21.7. The summed E-state index contributed by atoms with van der Waals surface area (Å²) in [7, 11) is 1.69. The van der Waals surface area contributed by atoms with Crippen LogP contribution in [0.5, 0.6) is 5.75 Å². The molecule has 0 unspecified atom stereocenters. The molecule has 0 fully saturated rings. The van der Waals surface area contributed by atoms with Crippen molar-refractivity contribution in [3.05, 3.63) is 89.5 Å². The van der Waals surface area contributed by atoms with Crippen LogP contribution in [0.15, 0.2) is 72.8 Å². The second kappa shape index (κ2) is 9.05. The van der Waals surface area contributed by atoms with Crippen LogP contribution in [0.4, 0.5) is 11.4 Å². The first kappa shape index (κ1) is 20.8. The Labute approximate surface area is 175 Å². The molecule has 0 aromatic heterocycles. The van der Waals surface area contributed by atoms with Gasteiger partial charge in [-0.25, -0.2) is 4.79 Å². The summed E-state index contributed by atoms with van der Waals surface area (Å²) in [5.74, 6) is -0.543. The van der Waals surface area contributed by atoms with Crippen molar-refractivity contribution in [3.8, 4) is 5.75 Å². The van der Waals surface area contributed by atoms with Gasteiger partial charge in [0, 0.05) is 30.9 Å². The summed E-state index contributed by atoms with van der Waals surface area (Å²) in [6.07, 6.45) is 0. The number of carbonyl (C=O) groups is 3. The molecule has 152 valence electrons. The molecule has 0 saturated heterocycles. The number of aryl methyl sites for hydroxylation is 1. The summed E-state index contributed by atoms with van der Waals surface area (Å²) in [4.78, 5) is 37.7. The van der Waals surface area contributed by atoms with Crippen molar-refractivity contribution in [1.29, 1.82) is 0 Å². The average molecular weight is 402 g/mol. The summed E-state index contributed by atoms with van der Waals surface area (Å²) in [6.45, 7) is 3.36. The maximum absolute atomic E-state index is 12.6. The monoisotopic (exact) mass is 402 g/mol. The average Bonchev–Trinajstić information content (AvgIpc) is 2.73. The van der Waals surface area contributed by atoms with Gasteiger partial charge < -0.3 is 15.0 Å². The van der Waals surface area contributed by atoms with Gasteiger partial charge in [0.05, 0.1) is 5.56 Å². The molecular formula is C24H22N2O4. The van der Waals surface area contributed by atoms with E-state index in [2.05, 4.69) is 5.32 Å². The van der Waals surface area contributed by atoms with Crippen molar-refractivity contribution in [2.24, 2.45) is 0 Å². The Morgan fingerprint density at radius 1 is 0.867 bits per heavy atom. The van der Waals surface area contributed by atoms with Crippen LogP contribution in [0, 0.1) is 6.92 Å². The molecule has 6 nitrogen and oxygen atoms in total. The van der Waals surface area contributed by atoms with Gasteiger partial charge in [0.2, 0.25) is 5.91 Å². The Bertz CT molecular complexity index is 1070. The minimum Gasteiger partial charge on any atom is -0.423 e. The number of anilines is 2. The first-order chi connectivity index (χ1) is 14.3. The highest BCUT2D eigenvalue weighted by atomic mass is 16.5. The van der Waals surface area contributed by atoms with Gasteiger partial charge in [-0.2, -0.15) is 0 Å². The molecule has 30 heavy (non-hydrogen) atoms. The van der Waals surface area contributed by atoms with Crippen LogP contribution in [0.2, 0.25) is 0 Å². The Hall–Kier alpha value is -3.93. The van der Waals surface area contributed by atoms with Gasteiger partial charge in [-0.05, 0) is 61.5 Å². The Kier molecular flexibility index (Phi) is 6.27. The normalized spacial score (nSPS) is 10.2. The van der Waals surface area contributed by atoms with Crippen LogP contribution in [-0.4, -0.2) is 24.8 Å². The number of ether oxygens (including phenoxy) is 1. The van der Waals surface area contributed by atoms with E-state index in [0.29, 0.717) is 28.3 Å². The third kappa shape index (κ3) is 5.11. The van der Waals surface area contributed by atoms with E-state index in [-0.39, 0.29) is 11.8 Å². The Balaban J connectivity index is 1.68. The van der Waals surface area contributed by atoms with Gasteiger partial charge >= 0.3 is 5.97 Å². The summed E-state index contributed by atoms with van der Waals surface area (Å²) in [6, 6.07) is 20.6. The molecule has 0 saturated carbocycles. The predicted octanol–water partition coefficient (Wildman–Crippen LogP) is 4.45. The second-order valence-corrected chi connectivity index (χ2v) is 6.88. The lowest BCUT2D eigenvalue weighted by atomic mass is 10.1. The largest absolute Gasteiger partial charge is 0.423 e. The molecule has 2 amide bonds. The topological polar surface area (TPSA) is 75.7 Å². The van der Waals surface area contributed by atoms with Gasteiger partial charge in [-0.3, -0.25) is 9.59 Å². The third-order valence-electron chi connectivity index (χ3n) is 4.46. The van der Waals surface area contributed by atoms with Crippen molar-refractivity contribution >= 4 is 29.2 Å². The molecule has 0 heterocycles. The van der Waals surface area contributed by atoms with Crippen LogP contribution in [0.3, 0.4) is 0 Å². The highest BCUT2D eigenvalue weighted by Crippen LogP contribution is 2.22. The van der Waals surface area contributed by atoms with Gasteiger partial charge in [-0.15, -0.1) is 0 Å². The molecule has 0 aliphatic carbocycles. The quantitative estimate of drug-likeness (QED) is 0.505. The maximum Gasteiger partial charge on any atom is 0.343 e. The third-order valence-corrected chi connectivity index (χ3v) is 4.46. The first-order valence-corrected chi connectivity index (χ1v) is 9.38. The molecule has 1 N–H and O–H groups in total. The van der Waals surface area contributed by atoms with E-state index in [9.17, 15) is 14.4 Å². The lowest BCUT2D eigenvalue weighted by Gasteiger charge is -2.18. The molecule has 0 atom stereocenters. The molecule has 0 bridgehead atoms. The zero-order valence-corrected chi connectivity index (χ0v) is 17.0. The Morgan fingerprint density at radius 2 is 1.53 bits per heavy atom. The molecule has 3 aromatic rings.